The molecule has 0 N–H and O–H groups in total. The third-order valence-corrected chi connectivity index (χ3v) is 3.19. The number of thiol groups is 1. The molecule has 0 aliphatic heterocycles. The van der Waals surface area contributed by atoms with Gasteiger partial charge in [-0.1, -0.05) is 36.4 Å². The van der Waals surface area contributed by atoms with Crippen LogP contribution in [0.4, 0.5) is 0 Å². The van der Waals surface area contributed by atoms with Gasteiger partial charge in [0, 0.05) is 4.90 Å². The Hall–Kier alpha value is -1.21. The van der Waals surface area contributed by atoms with Crippen molar-refractivity contribution in [1.29, 1.82) is 0 Å². The van der Waals surface area contributed by atoms with E-state index in [0.717, 1.165) is 4.90 Å². The summed E-state index contributed by atoms with van der Waals surface area (Å²) in [6.45, 7) is 4.30. The fraction of sp³-hybridized carbons (Fsp3) is 0.143. The molecule has 2 aromatic rings. The van der Waals surface area contributed by atoms with Crippen LogP contribution in [0, 0.1) is 13.8 Å². The van der Waals surface area contributed by atoms with Crippen LogP contribution in [0.1, 0.15) is 11.1 Å². The summed E-state index contributed by atoms with van der Waals surface area (Å²) in [5.74, 6) is 0. The molecule has 2 rings (SSSR count). The van der Waals surface area contributed by atoms with E-state index in [1.54, 1.807) is 0 Å². The molecule has 0 nitrogen and oxygen atoms in total. The van der Waals surface area contributed by atoms with Crippen molar-refractivity contribution in [3.8, 4) is 11.1 Å². The topological polar surface area (TPSA) is 0 Å². The van der Waals surface area contributed by atoms with Crippen LogP contribution in [-0.4, -0.2) is 0 Å². The molecule has 0 unspecified atom stereocenters. The molecule has 0 aliphatic rings. The highest BCUT2D eigenvalue weighted by molar-refractivity contribution is 7.80. The van der Waals surface area contributed by atoms with Gasteiger partial charge in [-0.15, -0.1) is 12.6 Å². The van der Waals surface area contributed by atoms with Gasteiger partial charge < -0.3 is 0 Å². The second kappa shape index (κ2) is 4.11. The molecule has 0 heterocycles. The van der Waals surface area contributed by atoms with Gasteiger partial charge in [0.1, 0.15) is 0 Å². The highest BCUT2D eigenvalue weighted by Crippen LogP contribution is 2.29. The van der Waals surface area contributed by atoms with E-state index in [4.69, 9.17) is 0 Å². The first kappa shape index (κ1) is 10.3. The quantitative estimate of drug-likeness (QED) is 0.674. The standard InChI is InChI=1S/C14H14S/c1-10-6-5-8-12(11(10)2)13-7-3-4-9-14(13)15/h3-9,15H,1-2H3. The van der Waals surface area contributed by atoms with E-state index in [1.807, 2.05) is 12.1 Å². The predicted octanol–water partition coefficient (Wildman–Crippen LogP) is 4.26. The van der Waals surface area contributed by atoms with E-state index in [0.29, 0.717) is 0 Å². The normalized spacial score (nSPS) is 10.3. The molecule has 0 spiro atoms. The van der Waals surface area contributed by atoms with Crippen molar-refractivity contribution in [2.75, 3.05) is 0 Å². The van der Waals surface area contributed by atoms with Crippen LogP contribution < -0.4 is 0 Å². The Morgan fingerprint density at radius 3 is 2.20 bits per heavy atom. The fourth-order valence-electron chi connectivity index (χ4n) is 1.74. The molecule has 0 aromatic heterocycles. The van der Waals surface area contributed by atoms with Gasteiger partial charge in [-0.2, -0.15) is 0 Å². The molecule has 0 bridgehead atoms. The zero-order valence-electron chi connectivity index (χ0n) is 8.99. The van der Waals surface area contributed by atoms with E-state index in [1.165, 1.54) is 22.3 Å². The van der Waals surface area contributed by atoms with Crippen molar-refractivity contribution < 1.29 is 0 Å². The summed E-state index contributed by atoms with van der Waals surface area (Å²) in [7, 11) is 0. The van der Waals surface area contributed by atoms with Gasteiger partial charge in [-0.3, -0.25) is 0 Å². The van der Waals surface area contributed by atoms with Crippen molar-refractivity contribution in [1.82, 2.24) is 0 Å². The van der Waals surface area contributed by atoms with Gasteiger partial charge in [0.25, 0.3) is 0 Å². The molecule has 2 aromatic carbocycles. The lowest BCUT2D eigenvalue weighted by atomic mass is 9.97. The van der Waals surface area contributed by atoms with Crippen LogP contribution in [-0.2, 0) is 0 Å². The molecular formula is C14H14S. The average molecular weight is 214 g/mol. The van der Waals surface area contributed by atoms with Crippen molar-refractivity contribution in [2.24, 2.45) is 0 Å². The van der Waals surface area contributed by atoms with E-state index in [-0.39, 0.29) is 0 Å². The Kier molecular flexibility index (Phi) is 2.83. The van der Waals surface area contributed by atoms with Crippen LogP contribution in [0.25, 0.3) is 11.1 Å². The van der Waals surface area contributed by atoms with Gasteiger partial charge in [0.15, 0.2) is 0 Å². The Balaban J connectivity index is 2.65. The third-order valence-electron chi connectivity index (χ3n) is 2.80. The largest absolute Gasteiger partial charge is 0.143 e. The second-order valence-electron chi connectivity index (χ2n) is 3.76. The van der Waals surface area contributed by atoms with E-state index >= 15 is 0 Å². The Morgan fingerprint density at radius 1 is 0.800 bits per heavy atom. The highest BCUT2D eigenvalue weighted by Gasteiger charge is 2.05. The maximum absolute atomic E-state index is 4.49. The fourth-order valence-corrected chi connectivity index (χ4v) is 2.03. The monoisotopic (exact) mass is 214 g/mol. The van der Waals surface area contributed by atoms with Crippen molar-refractivity contribution >= 4 is 12.6 Å². The number of rotatable bonds is 1. The van der Waals surface area contributed by atoms with Crippen LogP contribution in [0.15, 0.2) is 47.4 Å². The smallest absolute Gasteiger partial charge is 0.0119 e. The molecule has 0 amide bonds. The molecule has 0 fully saturated rings. The van der Waals surface area contributed by atoms with Crippen LogP contribution in [0.2, 0.25) is 0 Å². The first-order valence-corrected chi connectivity index (χ1v) is 5.49. The number of benzene rings is 2. The Bertz CT molecular complexity index is 486. The van der Waals surface area contributed by atoms with Gasteiger partial charge >= 0.3 is 0 Å². The number of hydrogen-bond acceptors (Lipinski definition) is 1. The maximum atomic E-state index is 4.49. The Morgan fingerprint density at radius 2 is 1.47 bits per heavy atom. The van der Waals surface area contributed by atoms with Crippen molar-refractivity contribution in [3.05, 3.63) is 53.6 Å². The highest BCUT2D eigenvalue weighted by atomic mass is 32.1. The van der Waals surface area contributed by atoms with Gasteiger partial charge in [0.05, 0.1) is 0 Å². The lowest BCUT2D eigenvalue weighted by Gasteiger charge is -2.10. The Labute approximate surface area is 96.4 Å². The van der Waals surface area contributed by atoms with Crippen LogP contribution in [0.5, 0.6) is 0 Å². The summed E-state index contributed by atoms with van der Waals surface area (Å²) < 4.78 is 0. The first-order chi connectivity index (χ1) is 7.20. The molecule has 1 heteroatoms. The SMILES string of the molecule is Cc1cccc(-c2ccccc2S)c1C. The van der Waals surface area contributed by atoms with Gasteiger partial charge in [-0.25, -0.2) is 0 Å². The second-order valence-corrected chi connectivity index (χ2v) is 4.25. The third kappa shape index (κ3) is 1.93. The lowest BCUT2D eigenvalue weighted by molar-refractivity contribution is 1.32. The molecule has 0 saturated carbocycles. The summed E-state index contributed by atoms with van der Waals surface area (Å²) in [6.07, 6.45) is 0. The zero-order valence-corrected chi connectivity index (χ0v) is 9.88. The summed E-state index contributed by atoms with van der Waals surface area (Å²) in [6, 6.07) is 14.6. The number of aryl methyl sites for hydroxylation is 1. The summed E-state index contributed by atoms with van der Waals surface area (Å²) >= 11 is 4.49. The van der Waals surface area contributed by atoms with E-state index in [9.17, 15) is 0 Å². The predicted molar refractivity (Wildman–Crippen MR) is 68.6 cm³/mol. The van der Waals surface area contributed by atoms with Crippen LogP contribution in [0.3, 0.4) is 0 Å². The van der Waals surface area contributed by atoms with Crippen molar-refractivity contribution in [3.63, 3.8) is 0 Å². The molecular weight excluding hydrogens is 200 g/mol. The summed E-state index contributed by atoms with van der Waals surface area (Å²) in [5.41, 5.74) is 5.14. The summed E-state index contributed by atoms with van der Waals surface area (Å²) in [4.78, 5) is 1.03. The van der Waals surface area contributed by atoms with E-state index < -0.39 is 0 Å². The van der Waals surface area contributed by atoms with Crippen molar-refractivity contribution in [2.45, 2.75) is 18.7 Å². The zero-order chi connectivity index (χ0) is 10.8. The minimum Gasteiger partial charge on any atom is -0.143 e. The maximum Gasteiger partial charge on any atom is 0.0119 e. The van der Waals surface area contributed by atoms with Gasteiger partial charge in [-0.05, 0) is 42.2 Å². The molecule has 76 valence electrons. The van der Waals surface area contributed by atoms with Crippen LogP contribution >= 0.6 is 12.6 Å². The summed E-state index contributed by atoms with van der Waals surface area (Å²) in [5, 5.41) is 0. The molecule has 0 atom stereocenters. The molecule has 0 saturated heterocycles. The molecule has 0 radical (unpaired) electrons. The minimum atomic E-state index is 1.03. The van der Waals surface area contributed by atoms with E-state index in [2.05, 4.69) is 56.8 Å². The minimum absolute atomic E-state index is 1.03. The van der Waals surface area contributed by atoms with Gasteiger partial charge in [0.2, 0.25) is 0 Å². The first-order valence-electron chi connectivity index (χ1n) is 5.04. The lowest BCUT2D eigenvalue weighted by Crippen LogP contribution is -1.87. The number of hydrogen-bond donors (Lipinski definition) is 1. The average Bonchev–Trinajstić information content (AvgIpc) is 2.23. The molecule has 15 heavy (non-hydrogen) atoms. The molecule has 0 aliphatic carbocycles.